The van der Waals surface area contributed by atoms with Gasteiger partial charge in [-0.15, -0.1) is 12.4 Å². The zero-order chi connectivity index (χ0) is 27.6. The normalized spacial score (nSPS) is 12.0. The van der Waals surface area contributed by atoms with E-state index >= 15 is 0 Å². The molecule has 3 aromatic carbocycles. The van der Waals surface area contributed by atoms with Gasteiger partial charge in [0.2, 0.25) is 11.9 Å². The van der Waals surface area contributed by atoms with Gasteiger partial charge in [0.05, 0.1) is 28.6 Å². The highest BCUT2D eigenvalue weighted by atomic mass is 35.5. The molecule has 0 fully saturated rings. The van der Waals surface area contributed by atoms with Crippen molar-refractivity contribution in [2.45, 2.75) is 18.7 Å². The first-order valence-corrected chi connectivity index (χ1v) is 14.6. The Balaban J connectivity index is 0.00000370. The minimum Gasteiger partial charge on any atom is -0.388 e. The molecule has 1 atom stereocenters. The van der Waals surface area contributed by atoms with Crippen molar-refractivity contribution in [3.8, 4) is 11.3 Å². The summed E-state index contributed by atoms with van der Waals surface area (Å²) >= 11 is 0. The molecule has 0 saturated heterocycles. The van der Waals surface area contributed by atoms with Crippen LogP contribution in [-0.2, 0) is 22.6 Å². The van der Waals surface area contributed by atoms with Gasteiger partial charge in [-0.05, 0) is 48.4 Å². The zero-order valence-electron chi connectivity index (χ0n) is 22.7. The fraction of sp³-hybridized carbons (Fsp3) is 0.207. The minimum atomic E-state index is -3.14. The quantitative estimate of drug-likeness (QED) is 0.197. The molecule has 2 heterocycles. The Morgan fingerprint density at radius 2 is 1.75 bits per heavy atom. The van der Waals surface area contributed by atoms with Crippen LogP contribution in [0.15, 0.2) is 79.0 Å². The first kappa shape index (κ1) is 28.8. The second-order valence-electron chi connectivity index (χ2n) is 9.54. The fourth-order valence-electron chi connectivity index (χ4n) is 4.60. The number of hydrogen-bond acceptors (Lipinski definition) is 8. The van der Waals surface area contributed by atoms with E-state index in [2.05, 4.69) is 40.0 Å². The Morgan fingerprint density at radius 1 is 0.975 bits per heavy atom. The molecule has 0 aliphatic rings. The van der Waals surface area contributed by atoms with E-state index in [1.807, 2.05) is 67.2 Å². The summed E-state index contributed by atoms with van der Waals surface area (Å²) < 4.78 is 25.5. The van der Waals surface area contributed by atoms with Crippen molar-refractivity contribution in [3.05, 3.63) is 90.1 Å². The molecule has 3 N–H and O–H groups in total. The molecule has 11 heteroatoms. The summed E-state index contributed by atoms with van der Waals surface area (Å²) in [5, 5.41) is 10.0. The van der Waals surface area contributed by atoms with Gasteiger partial charge in [0.1, 0.15) is 5.52 Å². The summed E-state index contributed by atoms with van der Waals surface area (Å²) in [6, 6.07) is 23.5. The van der Waals surface area contributed by atoms with Crippen molar-refractivity contribution >= 4 is 56.5 Å². The standard InChI is InChI=1S/C29H31N7O2S.ClH/c1-19(21-10-6-5-7-11-21)32-29-35-27-25(36(29)3)14-13-23(30-2)26(27)24-15-16-31-28(34-24)33-22-12-8-9-20(17-22)18-39(4,37)38;/h5-17,19,30H,18H2,1-4H3,(H,32,35)(H,31,33,34);1H. The Morgan fingerprint density at radius 3 is 2.48 bits per heavy atom. The third kappa shape index (κ3) is 6.35. The van der Waals surface area contributed by atoms with Crippen molar-refractivity contribution in [3.63, 3.8) is 0 Å². The Bertz CT molecular complexity index is 1740. The maximum absolute atomic E-state index is 11.7. The highest BCUT2D eigenvalue weighted by Crippen LogP contribution is 2.36. The highest BCUT2D eigenvalue weighted by molar-refractivity contribution is 7.89. The molecule has 0 radical (unpaired) electrons. The van der Waals surface area contributed by atoms with E-state index in [1.165, 1.54) is 11.8 Å². The van der Waals surface area contributed by atoms with E-state index in [9.17, 15) is 8.42 Å². The van der Waals surface area contributed by atoms with Crippen LogP contribution in [0.1, 0.15) is 24.1 Å². The molecule has 0 aliphatic carbocycles. The van der Waals surface area contributed by atoms with Gasteiger partial charge in [0.15, 0.2) is 9.84 Å². The first-order chi connectivity index (χ1) is 18.7. The van der Waals surface area contributed by atoms with Gasteiger partial charge in [-0.25, -0.2) is 23.4 Å². The predicted octanol–water partition coefficient (Wildman–Crippen LogP) is 5.96. The average molecular weight is 578 g/mol. The first-order valence-electron chi connectivity index (χ1n) is 12.6. The van der Waals surface area contributed by atoms with Crippen molar-refractivity contribution in [1.29, 1.82) is 0 Å². The molecule has 9 nitrogen and oxygen atoms in total. The van der Waals surface area contributed by atoms with Gasteiger partial charge in [0, 0.05) is 37.9 Å². The lowest BCUT2D eigenvalue weighted by atomic mass is 10.1. The summed E-state index contributed by atoms with van der Waals surface area (Å²) in [6.07, 6.45) is 2.92. The van der Waals surface area contributed by atoms with E-state index in [-0.39, 0.29) is 24.2 Å². The Hall–Kier alpha value is -4.15. The van der Waals surface area contributed by atoms with Crippen LogP contribution in [0.3, 0.4) is 0 Å². The van der Waals surface area contributed by atoms with Crippen LogP contribution in [-0.4, -0.2) is 41.2 Å². The van der Waals surface area contributed by atoms with Crippen molar-refractivity contribution in [2.24, 2.45) is 7.05 Å². The molecule has 0 aliphatic heterocycles. The average Bonchev–Trinajstić information content (AvgIpc) is 3.22. The van der Waals surface area contributed by atoms with E-state index < -0.39 is 9.84 Å². The van der Waals surface area contributed by atoms with Crippen LogP contribution in [0.2, 0.25) is 0 Å². The molecule has 2 aromatic heterocycles. The van der Waals surface area contributed by atoms with Gasteiger partial charge >= 0.3 is 0 Å². The lowest BCUT2D eigenvalue weighted by Gasteiger charge is -2.14. The van der Waals surface area contributed by atoms with Gasteiger partial charge in [0.25, 0.3) is 0 Å². The van der Waals surface area contributed by atoms with Crippen LogP contribution in [0.25, 0.3) is 22.3 Å². The van der Waals surface area contributed by atoms with Crippen molar-refractivity contribution < 1.29 is 8.42 Å². The second kappa shape index (κ2) is 11.9. The lowest BCUT2D eigenvalue weighted by Crippen LogP contribution is -2.10. The number of sulfone groups is 1. The molecule has 0 saturated carbocycles. The SMILES string of the molecule is CNc1ccc2c(nc(NC(C)c3ccccc3)n2C)c1-c1ccnc(Nc2cccc(CS(C)(=O)=O)c2)n1.Cl. The van der Waals surface area contributed by atoms with Gasteiger partial charge in [-0.1, -0.05) is 42.5 Å². The molecular weight excluding hydrogens is 546 g/mol. The summed E-state index contributed by atoms with van der Waals surface area (Å²) in [7, 11) is 0.724. The van der Waals surface area contributed by atoms with Gasteiger partial charge in [-0.2, -0.15) is 0 Å². The van der Waals surface area contributed by atoms with Crippen LogP contribution in [0, 0.1) is 0 Å². The number of anilines is 4. The fourth-order valence-corrected chi connectivity index (χ4v) is 5.39. The number of benzene rings is 3. The summed E-state index contributed by atoms with van der Waals surface area (Å²) in [5.74, 6) is 1.12. The maximum atomic E-state index is 11.7. The van der Waals surface area contributed by atoms with Crippen LogP contribution in [0.5, 0.6) is 0 Å². The number of aromatic nitrogens is 4. The molecule has 208 valence electrons. The number of imidazole rings is 1. The Labute approximate surface area is 240 Å². The van der Waals surface area contributed by atoms with Crippen molar-refractivity contribution in [2.75, 3.05) is 29.3 Å². The third-order valence-corrected chi connectivity index (χ3v) is 7.35. The number of aryl methyl sites for hydroxylation is 1. The second-order valence-corrected chi connectivity index (χ2v) is 11.7. The van der Waals surface area contributed by atoms with Gasteiger partial charge < -0.3 is 20.5 Å². The maximum Gasteiger partial charge on any atom is 0.227 e. The zero-order valence-corrected chi connectivity index (χ0v) is 24.3. The van der Waals surface area contributed by atoms with Crippen LogP contribution in [0.4, 0.5) is 23.3 Å². The van der Waals surface area contributed by atoms with E-state index in [1.54, 1.807) is 18.3 Å². The summed E-state index contributed by atoms with van der Waals surface area (Å²) in [4.78, 5) is 14.2. The molecule has 0 bridgehead atoms. The van der Waals surface area contributed by atoms with Crippen LogP contribution >= 0.6 is 12.4 Å². The lowest BCUT2D eigenvalue weighted by molar-refractivity contribution is 0.601. The number of halogens is 1. The number of nitrogens with one attached hydrogen (secondary N) is 3. The number of fused-ring (bicyclic) bond motifs is 1. The summed E-state index contributed by atoms with van der Waals surface area (Å²) in [6.45, 7) is 2.11. The van der Waals surface area contributed by atoms with E-state index in [4.69, 9.17) is 9.97 Å². The van der Waals surface area contributed by atoms with E-state index in [0.29, 0.717) is 22.9 Å². The third-order valence-electron chi connectivity index (χ3n) is 6.49. The molecular formula is C29H32ClN7O2S. The molecule has 0 amide bonds. The minimum absolute atomic E-state index is 0. The van der Waals surface area contributed by atoms with Gasteiger partial charge in [-0.3, -0.25) is 0 Å². The van der Waals surface area contributed by atoms with Crippen LogP contribution < -0.4 is 16.0 Å². The summed E-state index contributed by atoms with van der Waals surface area (Å²) in [5.41, 5.74) is 6.81. The molecule has 0 spiro atoms. The molecule has 40 heavy (non-hydrogen) atoms. The predicted molar refractivity (Wildman–Crippen MR) is 165 cm³/mol. The number of nitrogens with zero attached hydrogens (tertiary/aromatic N) is 4. The highest BCUT2D eigenvalue weighted by Gasteiger charge is 2.19. The smallest absolute Gasteiger partial charge is 0.227 e. The molecule has 5 rings (SSSR count). The largest absolute Gasteiger partial charge is 0.388 e. The Kier molecular flexibility index (Phi) is 8.61. The number of hydrogen-bond donors (Lipinski definition) is 3. The van der Waals surface area contributed by atoms with Crippen molar-refractivity contribution in [1.82, 2.24) is 19.5 Å². The number of rotatable bonds is 9. The molecule has 1 unspecified atom stereocenters. The van der Waals surface area contributed by atoms with E-state index in [0.717, 1.165) is 28.2 Å². The monoisotopic (exact) mass is 577 g/mol. The molecule has 5 aromatic rings. The topological polar surface area (TPSA) is 114 Å².